The minimum atomic E-state index is -0.164. The third-order valence-corrected chi connectivity index (χ3v) is 7.92. The molecule has 1 aromatic carbocycles. The van der Waals surface area contributed by atoms with Crippen molar-refractivity contribution in [2.45, 2.75) is 49.7 Å². The minimum absolute atomic E-state index is 0.111. The summed E-state index contributed by atoms with van der Waals surface area (Å²) in [6.07, 6.45) is 4.86. The van der Waals surface area contributed by atoms with E-state index in [0.29, 0.717) is 17.1 Å². The SMILES string of the molecule is Nc1nc(C2(c3ccccc3)CCN(C(=O)[C@H]3CC[C@H]4OCCN[C@@H]4C3)CC2)cs1. The predicted molar refractivity (Wildman–Crippen MR) is 118 cm³/mol. The number of nitrogens with two attached hydrogens (primary N) is 1. The first-order chi connectivity index (χ1) is 14.7. The normalized spacial score (nSPS) is 28.7. The Balaban J connectivity index is 1.31. The summed E-state index contributed by atoms with van der Waals surface area (Å²) in [6, 6.07) is 10.9. The number of amides is 1. The number of ether oxygens (including phenoxy) is 1. The number of carbonyl (C=O) groups is 1. The van der Waals surface area contributed by atoms with Crippen molar-refractivity contribution >= 4 is 22.4 Å². The maximum absolute atomic E-state index is 13.3. The number of hydrogen-bond donors (Lipinski definition) is 2. The molecule has 30 heavy (non-hydrogen) atoms. The van der Waals surface area contributed by atoms with Crippen LogP contribution in [0, 0.1) is 5.92 Å². The number of piperidine rings is 1. The van der Waals surface area contributed by atoms with Crippen LogP contribution in [0.2, 0.25) is 0 Å². The highest BCUT2D eigenvalue weighted by molar-refractivity contribution is 7.13. The van der Waals surface area contributed by atoms with Gasteiger partial charge in [0.25, 0.3) is 0 Å². The lowest BCUT2D eigenvalue weighted by Gasteiger charge is -2.44. The summed E-state index contributed by atoms with van der Waals surface area (Å²) in [5.41, 5.74) is 8.13. The van der Waals surface area contributed by atoms with E-state index in [1.54, 1.807) is 0 Å². The Morgan fingerprint density at radius 1 is 1.23 bits per heavy atom. The molecule has 0 radical (unpaired) electrons. The molecule has 1 aliphatic carbocycles. The quantitative estimate of drug-likeness (QED) is 0.789. The van der Waals surface area contributed by atoms with E-state index in [-0.39, 0.29) is 17.4 Å². The molecule has 1 amide bonds. The van der Waals surface area contributed by atoms with Gasteiger partial charge in [-0.3, -0.25) is 4.79 Å². The summed E-state index contributed by atoms with van der Waals surface area (Å²) in [6.45, 7) is 3.20. The smallest absolute Gasteiger partial charge is 0.225 e. The predicted octanol–water partition coefficient (Wildman–Crippen LogP) is 2.79. The van der Waals surface area contributed by atoms with E-state index in [1.807, 2.05) is 6.07 Å². The number of nitrogen functional groups attached to an aromatic ring is 1. The first-order valence-electron chi connectivity index (χ1n) is 11.1. The summed E-state index contributed by atoms with van der Waals surface area (Å²) in [7, 11) is 0. The number of likely N-dealkylation sites (tertiary alicyclic amines) is 1. The molecule has 2 saturated heterocycles. The molecule has 3 atom stereocenters. The van der Waals surface area contributed by atoms with Crippen molar-refractivity contribution in [1.29, 1.82) is 0 Å². The summed E-state index contributed by atoms with van der Waals surface area (Å²) in [4.78, 5) is 20.1. The fourth-order valence-electron chi connectivity index (χ4n) is 5.56. The Hall–Kier alpha value is -1.96. The lowest BCUT2D eigenvalue weighted by atomic mass is 9.70. The molecule has 1 saturated carbocycles. The Morgan fingerprint density at radius 3 is 2.77 bits per heavy atom. The highest BCUT2D eigenvalue weighted by atomic mass is 32.1. The molecular weight excluding hydrogens is 396 g/mol. The first-order valence-corrected chi connectivity index (χ1v) is 11.9. The molecule has 6 nitrogen and oxygen atoms in total. The summed E-state index contributed by atoms with van der Waals surface area (Å²) in [5, 5.41) is 6.25. The first kappa shape index (κ1) is 20.0. The fraction of sp³-hybridized carbons (Fsp3) is 0.565. The number of anilines is 1. The van der Waals surface area contributed by atoms with Crippen LogP contribution in [0.3, 0.4) is 0 Å². The Bertz CT molecular complexity index is 878. The number of morpholine rings is 1. The van der Waals surface area contributed by atoms with Gasteiger partial charge in [-0.2, -0.15) is 0 Å². The summed E-state index contributed by atoms with van der Waals surface area (Å²) < 4.78 is 5.88. The van der Waals surface area contributed by atoms with E-state index >= 15 is 0 Å². The topological polar surface area (TPSA) is 80.5 Å². The lowest BCUT2D eigenvalue weighted by Crippen LogP contribution is -2.54. The molecule has 0 bridgehead atoms. The van der Waals surface area contributed by atoms with Gasteiger partial charge in [0.2, 0.25) is 5.91 Å². The van der Waals surface area contributed by atoms with Crippen LogP contribution < -0.4 is 11.1 Å². The third kappa shape index (κ3) is 3.63. The molecule has 0 unspecified atom stereocenters. The van der Waals surface area contributed by atoms with Gasteiger partial charge in [0.05, 0.1) is 18.4 Å². The van der Waals surface area contributed by atoms with Crippen LogP contribution in [0.1, 0.15) is 43.4 Å². The number of nitrogens with zero attached hydrogens (tertiary/aromatic N) is 2. The molecular formula is C23H30N4O2S. The number of hydrogen-bond acceptors (Lipinski definition) is 6. The van der Waals surface area contributed by atoms with Crippen LogP contribution in [-0.4, -0.2) is 54.2 Å². The molecule has 3 N–H and O–H groups in total. The maximum atomic E-state index is 13.3. The van der Waals surface area contributed by atoms with Gasteiger partial charge in [0.1, 0.15) is 0 Å². The van der Waals surface area contributed by atoms with Crippen molar-refractivity contribution in [3.05, 3.63) is 47.0 Å². The fourth-order valence-corrected chi connectivity index (χ4v) is 6.22. The average molecular weight is 427 g/mol. The number of rotatable bonds is 3. The molecule has 2 aliphatic heterocycles. The number of aromatic nitrogens is 1. The summed E-state index contributed by atoms with van der Waals surface area (Å²) >= 11 is 1.50. The largest absolute Gasteiger partial charge is 0.375 e. The molecule has 2 aromatic rings. The zero-order valence-electron chi connectivity index (χ0n) is 17.3. The van der Waals surface area contributed by atoms with Gasteiger partial charge < -0.3 is 20.7 Å². The lowest BCUT2D eigenvalue weighted by molar-refractivity contribution is -0.140. The molecule has 7 heteroatoms. The molecule has 5 rings (SSSR count). The van der Waals surface area contributed by atoms with E-state index in [9.17, 15) is 4.79 Å². The van der Waals surface area contributed by atoms with Gasteiger partial charge in [-0.05, 0) is 37.7 Å². The van der Waals surface area contributed by atoms with Crippen molar-refractivity contribution in [3.8, 4) is 0 Å². The zero-order valence-corrected chi connectivity index (χ0v) is 18.1. The molecule has 3 aliphatic rings. The molecule has 3 heterocycles. The average Bonchev–Trinajstić information content (AvgIpc) is 3.25. The van der Waals surface area contributed by atoms with Gasteiger partial charge >= 0.3 is 0 Å². The van der Waals surface area contributed by atoms with Gasteiger partial charge in [-0.25, -0.2) is 4.98 Å². The van der Waals surface area contributed by atoms with E-state index in [4.69, 9.17) is 10.5 Å². The second kappa shape index (κ2) is 8.29. The highest BCUT2D eigenvalue weighted by Crippen LogP contribution is 2.43. The molecule has 3 fully saturated rings. The second-order valence-electron chi connectivity index (χ2n) is 8.82. The van der Waals surface area contributed by atoms with Crippen LogP contribution in [-0.2, 0) is 14.9 Å². The second-order valence-corrected chi connectivity index (χ2v) is 9.71. The number of nitrogens with one attached hydrogen (secondary N) is 1. The zero-order chi connectivity index (χ0) is 20.6. The standard InChI is InChI=1S/C23H30N4O2S/c24-22-26-20(15-30-22)23(17-4-2-1-3-5-17)8-11-27(12-9-23)21(28)16-6-7-19-18(14-16)25-10-13-29-19/h1-5,15-16,18-19,25H,6-14H2,(H2,24,26)/t16-,18+,19+/m0/s1. The maximum Gasteiger partial charge on any atom is 0.225 e. The number of benzene rings is 1. The third-order valence-electron chi connectivity index (χ3n) is 7.24. The van der Waals surface area contributed by atoms with Crippen LogP contribution in [0.25, 0.3) is 0 Å². The molecule has 1 aromatic heterocycles. The number of thiazole rings is 1. The highest BCUT2D eigenvalue weighted by Gasteiger charge is 2.43. The van der Waals surface area contributed by atoms with Gasteiger partial charge in [-0.1, -0.05) is 30.3 Å². The van der Waals surface area contributed by atoms with E-state index in [0.717, 1.165) is 64.0 Å². The van der Waals surface area contributed by atoms with Crippen molar-refractivity contribution in [3.63, 3.8) is 0 Å². The van der Waals surface area contributed by atoms with Crippen molar-refractivity contribution < 1.29 is 9.53 Å². The van der Waals surface area contributed by atoms with Gasteiger partial charge in [-0.15, -0.1) is 11.3 Å². The van der Waals surface area contributed by atoms with Gasteiger partial charge in [0, 0.05) is 42.4 Å². The Kier molecular flexibility index (Phi) is 5.52. The van der Waals surface area contributed by atoms with Crippen LogP contribution in [0.4, 0.5) is 5.13 Å². The van der Waals surface area contributed by atoms with E-state index < -0.39 is 0 Å². The Morgan fingerprint density at radius 2 is 2.03 bits per heavy atom. The van der Waals surface area contributed by atoms with E-state index in [1.165, 1.54) is 16.9 Å². The van der Waals surface area contributed by atoms with Crippen molar-refractivity contribution in [2.24, 2.45) is 5.92 Å². The Labute approximate surface area is 181 Å². The van der Waals surface area contributed by atoms with E-state index in [2.05, 4.69) is 44.8 Å². The van der Waals surface area contributed by atoms with Crippen molar-refractivity contribution in [2.75, 3.05) is 32.0 Å². The monoisotopic (exact) mass is 426 g/mol. The molecule has 0 spiro atoms. The number of carbonyl (C=O) groups excluding carboxylic acids is 1. The van der Waals surface area contributed by atoms with Gasteiger partial charge in [0.15, 0.2) is 5.13 Å². The number of fused-ring (bicyclic) bond motifs is 1. The molecule has 160 valence electrons. The van der Waals surface area contributed by atoms with Crippen LogP contribution in [0.15, 0.2) is 35.7 Å². The summed E-state index contributed by atoms with van der Waals surface area (Å²) in [5.74, 6) is 0.430. The van der Waals surface area contributed by atoms with Crippen molar-refractivity contribution in [1.82, 2.24) is 15.2 Å². The minimum Gasteiger partial charge on any atom is -0.375 e. The van der Waals surface area contributed by atoms with Crippen LogP contribution >= 0.6 is 11.3 Å². The van der Waals surface area contributed by atoms with Crippen LogP contribution in [0.5, 0.6) is 0 Å².